The fourth-order valence-corrected chi connectivity index (χ4v) is 5.48. The van der Waals surface area contributed by atoms with E-state index in [9.17, 15) is 9.59 Å². The lowest BCUT2D eigenvalue weighted by atomic mass is 10.0. The lowest BCUT2D eigenvalue weighted by molar-refractivity contribution is -0.139. The van der Waals surface area contributed by atoms with Crippen molar-refractivity contribution in [2.45, 2.75) is 37.9 Å². The summed E-state index contributed by atoms with van der Waals surface area (Å²) in [4.78, 5) is 28.6. The van der Waals surface area contributed by atoms with Gasteiger partial charge < -0.3 is 14.8 Å². The third kappa shape index (κ3) is 4.39. The molecule has 3 aromatic rings. The van der Waals surface area contributed by atoms with E-state index >= 15 is 0 Å². The van der Waals surface area contributed by atoms with E-state index in [1.165, 1.54) is 11.8 Å². The number of aryl methyl sites for hydroxylation is 1. The molecule has 1 aliphatic heterocycles. The summed E-state index contributed by atoms with van der Waals surface area (Å²) in [5.74, 6) is 0.538. The summed E-state index contributed by atoms with van der Waals surface area (Å²) in [6.45, 7) is 5.12. The highest BCUT2D eigenvalue weighted by Crippen LogP contribution is 2.42. The average molecular weight is 470 g/mol. The number of carbonyl (C=O) groups excluding carboxylic acids is 2. The van der Waals surface area contributed by atoms with Crippen LogP contribution in [-0.2, 0) is 23.2 Å². The van der Waals surface area contributed by atoms with Crippen LogP contribution in [-0.4, -0.2) is 33.6 Å². The van der Waals surface area contributed by atoms with Gasteiger partial charge in [0.15, 0.2) is 0 Å². The van der Waals surface area contributed by atoms with E-state index in [0.29, 0.717) is 17.5 Å². The van der Waals surface area contributed by atoms with Gasteiger partial charge in [-0.25, -0.2) is 0 Å². The molecule has 2 aromatic carbocycles. The first-order valence-electron chi connectivity index (χ1n) is 10.9. The standard InChI is InChI=1S/C25H28ClN3O2S/c1-16(2)12-13-27-24(31)23-22-18-9-5-7-11-20(18)28(3)25(22)32-15-21(30)29(23)14-17-8-4-6-10-19(17)26/h4-11,16,23H,12-15H2,1-3H3,(H,27,31). The molecule has 0 spiro atoms. The van der Waals surface area contributed by atoms with Crippen LogP contribution in [0.2, 0.25) is 5.02 Å². The Morgan fingerprint density at radius 2 is 1.91 bits per heavy atom. The van der Waals surface area contributed by atoms with Crippen LogP contribution in [0.25, 0.3) is 10.9 Å². The number of thioether (sulfide) groups is 1. The number of halogens is 1. The molecule has 4 rings (SSSR count). The number of fused-ring (bicyclic) bond motifs is 3. The normalized spacial score (nSPS) is 16.3. The van der Waals surface area contributed by atoms with E-state index in [1.807, 2.05) is 49.5 Å². The number of hydrogen-bond acceptors (Lipinski definition) is 3. The smallest absolute Gasteiger partial charge is 0.247 e. The first kappa shape index (κ1) is 22.7. The van der Waals surface area contributed by atoms with Crippen molar-refractivity contribution < 1.29 is 9.59 Å². The molecule has 0 aliphatic carbocycles. The van der Waals surface area contributed by atoms with Crippen molar-refractivity contribution in [3.8, 4) is 0 Å². The molecule has 2 heterocycles. The quantitative estimate of drug-likeness (QED) is 0.541. The largest absolute Gasteiger partial charge is 0.354 e. The zero-order valence-electron chi connectivity index (χ0n) is 18.6. The van der Waals surface area contributed by atoms with E-state index in [2.05, 4.69) is 29.8 Å². The van der Waals surface area contributed by atoms with Gasteiger partial charge in [-0.3, -0.25) is 9.59 Å². The lowest BCUT2D eigenvalue weighted by Gasteiger charge is -2.30. The lowest BCUT2D eigenvalue weighted by Crippen LogP contribution is -2.43. The molecule has 7 heteroatoms. The molecule has 1 unspecified atom stereocenters. The second-order valence-electron chi connectivity index (χ2n) is 8.57. The number of nitrogens with zero attached hydrogens (tertiary/aromatic N) is 2. The maximum absolute atomic E-state index is 13.6. The molecule has 0 saturated carbocycles. The van der Waals surface area contributed by atoms with Gasteiger partial charge in [0.05, 0.1) is 10.8 Å². The first-order chi connectivity index (χ1) is 15.4. The summed E-state index contributed by atoms with van der Waals surface area (Å²) in [5.41, 5.74) is 2.78. The number of carbonyl (C=O) groups is 2. The van der Waals surface area contributed by atoms with E-state index in [4.69, 9.17) is 11.6 Å². The summed E-state index contributed by atoms with van der Waals surface area (Å²) in [5, 5.41) is 5.65. The van der Waals surface area contributed by atoms with Gasteiger partial charge in [0.25, 0.3) is 0 Å². The molecule has 32 heavy (non-hydrogen) atoms. The SMILES string of the molecule is CC(C)CCNC(=O)C1c2c(n(C)c3ccccc23)SCC(=O)N1Cc1ccccc1Cl. The van der Waals surface area contributed by atoms with Crippen molar-refractivity contribution in [1.82, 2.24) is 14.8 Å². The molecule has 0 radical (unpaired) electrons. The minimum absolute atomic E-state index is 0.0702. The molecule has 1 aromatic heterocycles. The van der Waals surface area contributed by atoms with Crippen molar-refractivity contribution in [2.75, 3.05) is 12.3 Å². The maximum Gasteiger partial charge on any atom is 0.247 e. The average Bonchev–Trinajstić information content (AvgIpc) is 2.95. The molecule has 1 aliphatic rings. The van der Waals surface area contributed by atoms with Gasteiger partial charge in [0.1, 0.15) is 6.04 Å². The predicted molar refractivity (Wildman–Crippen MR) is 131 cm³/mol. The van der Waals surface area contributed by atoms with Gasteiger partial charge >= 0.3 is 0 Å². The number of hydrogen-bond donors (Lipinski definition) is 1. The first-order valence-corrected chi connectivity index (χ1v) is 12.3. The molecule has 1 N–H and O–H groups in total. The van der Waals surface area contributed by atoms with E-state index in [1.54, 1.807) is 4.90 Å². The minimum Gasteiger partial charge on any atom is -0.354 e. The van der Waals surface area contributed by atoms with Gasteiger partial charge in [0.2, 0.25) is 11.8 Å². The Bertz CT molecular complexity index is 1160. The predicted octanol–water partition coefficient (Wildman–Crippen LogP) is 5.17. The topological polar surface area (TPSA) is 54.3 Å². The summed E-state index contributed by atoms with van der Waals surface area (Å²) in [7, 11) is 2.00. The Hall–Kier alpha value is -2.44. The fraction of sp³-hybridized carbons (Fsp3) is 0.360. The van der Waals surface area contributed by atoms with Crippen LogP contribution in [0.4, 0.5) is 0 Å². The van der Waals surface area contributed by atoms with Crippen LogP contribution in [0.3, 0.4) is 0 Å². The van der Waals surface area contributed by atoms with Crippen molar-refractivity contribution in [3.63, 3.8) is 0 Å². The Morgan fingerprint density at radius 1 is 1.19 bits per heavy atom. The molecule has 1 atom stereocenters. The van der Waals surface area contributed by atoms with Crippen LogP contribution < -0.4 is 5.32 Å². The van der Waals surface area contributed by atoms with E-state index in [0.717, 1.165) is 33.5 Å². The van der Waals surface area contributed by atoms with Crippen LogP contribution in [0, 0.1) is 5.92 Å². The second kappa shape index (κ2) is 9.59. The van der Waals surface area contributed by atoms with Gasteiger partial charge in [-0.2, -0.15) is 0 Å². The summed E-state index contributed by atoms with van der Waals surface area (Å²) >= 11 is 7.93. The van der Waals surface area contributed by atoms with Gasteiger partial charge in [-0.1, -0.05) is 73.6 Å². The Labute approximate surface area is 198 Å². The van der Waals surface area contributed by atoms with E-state index in [-0.39, 0.29) is 24.1 Å². The van der Waals surface area contributed by atoms with Crippen LogP contribution in [0.1, 0.15) is 37.4 Å². The molecule has 2 amide bonds. The van der Waals surface area contributed by atoms with E-state index < -0.39 is 6.04 Å². The Kier molecular flexibility index (Phi) is 6.82. The van der Waals surface area contributed by atoms with Crippen molar-refractivity contribution in [1.29, 1.82) is 0 Å². The van der Waals surface area contributed by atoms with Crippen LogP contribution in [0.5, 0.6) is 0 Å². The van der Waals surface area contributed by atoms with Crippen molar-refractivity contribution in [2.24, 2.45) is 13.0 Å². The third-order valence-electron chi connectivity index (χ3n) is 5.90. The Balaban J connectivity index is 1.82. The number of para-hydroxylation sites is 1. The third-order valence-corrected chi connectivity index (χ3v) is 7.42. The second-order valence-corrected chi connectivity index (χ2v) is 9.94. The fourth-order valence-electron chi connectivity index (χ4n) is 4.19. The Morgan fingerprint density at radius 3 is 2.66 bits per heavy atom. The molecule has 168 valence electrons. The van der Waals surface area contributed by atoms with Crippen molar-refractivity contribution >= 4 is 46.1 Å². The van der Waals surface area contributed by atoms with Gasteiger partial charge in [-0.05, 0) is 30.0 Å². The number of benzene rings is 2. The zero-order valence-corrected chi connectivity index (χ0v) is 20.2. The van der Waals surface area contributed by atoms with Crippen LogP contribution in [0.15, 0.2) is 53.6 Å². The number of rotatable bonds is 6. The van der Waals surface area contributed by atoms with Gasteiger partial charge in [-0.15, -0.1) is 0 Å². The van der Waals surface area contributed by atoms with Gasteiger partial charge in [0, 0.05) is 41.6 Å². The number of nitrogens with one attached hydrogen (secondary N) is 1. The molecule has 0 bridgehead atoms. The highest BCUT2D eigenvalue weighted by Gasteiger charge is 2.39. The van der Waals surface area contributed by atoms with Crippen molar-refractivity contribution in [3.05, 3.63) is 64.7 Å². The monoisotopic (exact) mass is 469 g/mol. The number of amides is 2. The molecular weight excluding hydrogens is 442 g/mol. The van der Waals surface area contributed by atoms with Crippen LogP contribution >= 0.6 is 23.4 Å². The highest BCUT2D eigenvalue weighted by molar-refractivity contribution is 8.00. The summed E-state index contributed by atoms with van der Waals surface area (Å²) in [6, 6.07) is 14.8. The molecule has 5 nitrogen and oxygen atoms in total. The minimum atomic E-state index is -0.720. The highest BCUT2D eigenvalue weighted by atomic mass is 35.5. The number of aromatic nitrogens is 1. The molecule has 0 fully saturated rings. The zero-order chi connectivity index (χ0) is 22.8. The molecule has 0 saturated heterocycles. The summed E-state index contributed by atoms with van der Waals surface area (Å²) in [6.07, 6.45) is 0.883. The summed E-state index contributed by atoms with van der Waals surface area (Å²) < 4.78 is 2.09. The molecular formula is C25H28ClN3O2S. The maximum atomic E-state index is 13.6.